The molecule has 2 heterocycles. The Morgan fingerprint density at radius 1 is 1.15 bits per heavy atom. The van der Waals surface area contributed by atoms with Crippen LogP contribution in [0.15, 0.2) is 71.3 Å². The third-order valence-electron chi connectivity index (χ3n) is 4.32. The van der Waals surface area contributed by atoms with Crippen LogP contribution in [0.4, 0.5) is 11.4 Å². The molecule has 0 radical (unpaired) electrons. The molecule has 1 aliphatic heterocycles. The van der Waals surface area contributed by atoms with Crippen molar-refractivity contribution in [1.29, 1.82) is 0 Å². The van der Waals surface area contributed by atoms with Crippen molar-refractivity contribution in [3.8, 4) is 0 Å². The van der Waals surface area contributed by atoms with Crippen LogP contribution < -0.4 is 10.2 Å². The summed E-state index contributed by atoms with van der Waals surface area (Å²) >= 11 is 1.58. The quantitative estimate of drug-likeness (QED) is 0.720. The molecule has 0 aliphatic carbocycles. The number of hydrogen-bond donors (Lipinski definition) is 1. The van der Waals surface area contributed by atoms with E-state index in [9.17, 15) is 9.59 Å². The summed E-state index contributed by atoms with van der Waals surface area (Å²) in [6.07, 6.45) is 1.46. The molecule has 1 aliphatic rings. The third kappa shape index (κ3) is 3.61. The predicted octanol–water partition coefficient (Wildman–Crippen LogP) is 4.62. The van der Waals surface area contributed by atoms with Crippen molar-refractivity contribution in [2.45, 2.75) is 12.3 Å². The first-order chi connectivity index (χ1) is 13.1. The van der Waals surface area contributed by atoms with Gasteiger partial charge in [-0.25, -0.2) is 0 Å². The Balaban J connectivity index is 1.60. The fraction of sp³-hybridized carbons (Fsp3) is 0.143. The molecule has 1 fully saturated rings. The van der Waals surface area contributed by atoms with Gasteiger partial charge in [0.2, 0.25) is 5.91 Å². The molecule has 4 rings (SSSR count). The third-order valence-corrected chi connectivity index (χ3v) is 5.53. The Hall–Kier alpha value is -2.99. The molecule has 0 spiro atoms. The van der Waals surface area contributed by atoms with Crippen molar-refractivity contribution >= 4 is 35.0 Å². The molecular formula is C21H18N2O3S. The van der Waals surface area contributed by atoms with Crippen LogP contribution in [-0.4, -0.2) is 17.6 Å². The van der Waals surface area contributed by atoms with Crippen LogP contribution in [-0.2, 0) is 4.79 Å². The van der Waals surface area contributed by atoms with Crippen LogP contribution in [0.5, 0.6) is 0 Å². The number of rotatable bonds is 4. The van der Waals surface area contributed by atoms with E-state index in [1.807, 2.05) is 60.4 Å². The fourth-order valence-electron chi connectivity index (χ4n) is 3.10. The van der Waals surface area contributed by atoms with Gasteiger partial charge >= 0.3 is 0 Å². The van der Waals surface area contributed by atoms with Gasteiger partial charge in [0.15, 0.2) is 5.76 Å². The second kappa shape index (κ2) is 7.32. The van der Waals surface area contributed by atoms with Crippen molar-refractivity contribution in [2.75, 3.05) is 16.0 Å². The van der Waals surface area contributed by atoms with Crippen LogP contribution in [0.25, 0.3) is 0 Å². The van der Waals surface area contributed by atoms with Crippen molar-refractivity contribution in [1.82, 2.24) is 0 Å². The summed E-state index contributed by atoms with van der Waals surface area (Å²) in [5.74, 6) is 0.470. The largest absolute Gasteiger partial charge is 0.459 e. The van der Waals surface area contributed by atoms with Gasteiger partial charge in [-0.15, -0.1) is 11.8 Å². The van der Waals surface area contributed by atoms with Gasteiger partial charge in [0, 0.05) is 11.4 Å². The number of carbonyl (C=O) groups excluding carboxylic acids is 2. The standard InChI is InChI=1S/C21H18N2O3S/c1-14-5-2-8-17(11-14)23-19(24)13-27-21(23)15-6-3-7-16(12-15)22-20(25)18-9-4-10-26-18/h2-12,21H,13H2,1H3,(H,22,25)/t21-/m1/s1. The van der Waals surface area contributed by atoms with Crippen molar-refractivity contribution in [3.05, 3.63) is 83.8 Å². The molecule has 2 amide bonds. The molecule has 0 saturated carbocycles. The highest BCUT2D eigenvalue weighted by Crippen LogP contribution is 2.42. The second-order valence-electron chi connectivity index (χ2n) is 6.32. The zero-order chi connectivity index (χ0) is 18.8. The zero-order valence-corrected chi connectivity index (χ0v) is 15.5. The first-order valence-corrected chi connectivity index (χ1v) is 9.62. The molecule has 27 heavy (non-hydrogen) atoms. The maximum absolute atomic E-state index is 12.5. The molecule has 3 aromatic rings. The van der Waals surface area contributed by atoms with Gasteiger partial charge in [-0.1, -0.05) is 24.3 Å². The number of carbonyl (C=O) groups is 2. The van der Waals surface area contributed by atoms with E-state index in [4.69, 9.17) is 4.42 Å². The number of anilines is 2. The molecule has 136 valence electrons. The number of benzene rings is 2. The van der Waals surface area contributed by atoms with Crippen LogP contribution in [0.1, 0.15) is 27.1 Å². The summed E-state index contributed by atoms with van der Waals surface area (Å²) in [4.78, 5) is 26.5. The van der Waals surface area contributed by atoms with E-state index in [2.05, 4.69) is 5.32 Å². The number of thioether (sulfide) groups is 1. The van der Waals surface area contributed by atoms with E-state index in [1.165, 1.54) is 6.26 Å². The van der Waals surface area contributed by atoms with Gasteiger partial charge in [0.25, 0.3) is 5.91 Å². The number of aryl methyl sites for hydroxylation is 1. The van der Waals surface area contributed by atoms with Gasteiger partial charge in [0.05, 0.1) is 12.0 Å². The normalized spacial score (nSPS) is 16.6. The van der Waals surface area contributed by atoms with Crippen LogP contribution in [0.2, 0.25) is 0 Å². The topological polar surface area (TPSA) is 62.6 Å². The highest BCUT2D eigenvalue weighted by Gasteiger charge is 2.34. The van der Waals surface area contributed by atoms with Gasteiger partial charge in [0.1, 0.15) is 5.37 Å². The predicted molar refractivity (Wildman–Crippen MR) is 107 cm³/mol. The fourth-order valence-corrected chi connectivity index (χ4v) is 4.27. The minimum atomic E-state index is -0.303. The van der Waals surface area contributed by atoms with E-state index in [0.717, 1.165) is 16.8 Å². The van der Waals surface area contributed by atoms with E-state index in [-0.39, 0.29) is 22.9 Å². The maximum atomic E-state index is 12.5. The Morgan fingerprint density at radius 2 is 2.00 bits per heavy atom. The molecule has 1 aromatic heterocycles. The highest BCUT2D eigenvalue weighted by molar-refractivity contribution is 8.00. The average Bonchev–Trinajstić information content (AvgIpc) is 3.32. The van der Waals surface area contributed by atoms with E-state index in [1.54, 1.807) is 23.9 Å². The molecule has 0 unspecified atom stereocenters. The molecule has 1 N–H and O–H groups in total. The van der Waals surface area contributed by atoms with E-state index >= 15 is 0 Å². The Labute approximate surface area is 161 Å². The zero-order valence-electron chi connectivity index (χ0n) is 14.7. The first-order valence-electron chi connectivity index (χ1n) is 8.57. The van der Waals surface area contributed by atoms with Gasteiger partial charge in [-0.3, -0.25) is 14.5 Å². The Kier molecular flexibility index (Phi) is 4.73. The van der Waals surface area contributed by atoms with Crippen LogP contribution in [0, 0.1) is 6.92 Å². The highest BCUT2D eigenvalue weighted by atomic mass is 32.2. The summed E-state index contributed by atoms with van der Waals surface area (Å²) in [5, 5.41) is 2.71. The molecule has 2 aromatic carbocycles. The maximum Gasteiger partial charge on any atom is 0.291 e. The average molecular weight is 378 g/mol. The van der Waals surface area contributed by atoms with Crippen molar-refractivity contribution in [3.63, 3.8) is 0 Å². The lowest BCUT2D eigenvalue weighted by atomic mass is 10.1. The lowest BCUT2D eigenvalue weighted by molar-refractivity contribution is -0.115. The van der Waals surface area contributed by atoms with Crippen LogP contribution >= 0.6 is 11.8 Å². The van der Waals surface area contributed by atoms with Crippen molar-refractivity contribution < 1.29 is 14.0 Å². The Morgan fingerprint density at radius 3 is 2.78 bits per heavy atom. The summed E-state index contributed by atoms with van der Waals surface area (Å²) < 4.78 is 5.13. The lowest BCUT2D eigenvalue weighted by Crippen LogP contribution is -2.27. The summed E-state index contributed by atoms with van der Waals surface area (Å²) in [7, 11) is 0. The number of furan rings is 1. The SMILES string of the molecule is Cc1cccc(N2C(=O)CS[C@@H]2c2cccc(NC(=O)c3ccco3)c2)c1. The summed E-state index contributed by atoms with van der Waals surface area (Å²) in [6, 6.07) is 18.8. The van der Waals surface area contributed by atoms with Gasteiger partial charge in [-0.2, -0.15) is 0 Å². The number of amides is 2. The number of nitrogens with one attached hydrogen (secondary N) is 1. The molecular weight excluding hydrogens is 360 g/mol. The molecule has 0 bridgehead atoms. The monoisotopic (exact) mass is 378 g/mol. The van der Waals surface area contributed by atoms with E-state index in [0.29, 0.717) is 11.4 Å². The minimum absolute atomic E-state index is 0.0839. The second-order valence-corrected chi connectivity index (χ2v) is 7.39. The van der Waals surface area contributed by atoms with Gasteiger partial charge < -0.3 is 9.73 Å². The summed E-state index contributed by atoms with van der Waals surface area (Å²) in [6.45, 7) is 2.01. The first kappa shape index (κ1) is 17.4. The van der Waals surface area contributed by atoms with Crippen molar-refractivity contribution in [2.24, 2.45) is 0 Å². The lowest BCUT2D eigenvalue weighted by Gasteiger charge is -2.25. The summed E-state index contributed by atoms with van der Waals surface area (Å²) in [5.41, 5.74) is 3.62. The molecule has 1 atom stereocenters. The smallest absolute Gasteiger partial charge is 0.291 e. The molecule has 5 nitrogen and oxygen atoms in total. The molecule has 1 saturated heterocycles. The Bertz CT molecular complexity index is 985. The van der Waals surface area contributed by atoms with E-state index < -0.39 is 0 Å². The minimum Gasteiger partial charge on any atom is -0.459 e. The molecule has 6 heteroatoms. The number of nitrogens with zero attached hydrogens (tertiary/aromatic N) is 1. The van der Waals surface area contributed by atoms with Crippen LogP contribution in [0.3, 0.4) is 0 Å². The number of hydrogen-bond acceptors (Lipinski definition) is 4. The van der Waals surface area contributed by atoms with Gasteiger partial charge in [-0.05, 0) is 54.4 Å².